The van der Waals surface area contributed by atoms with Crippen LogP contribution in [-0.4, -0.2) is 41.8 Å². The number of nitrogens with zero attached hydrogens (tertiary/aromatic N) is 1. The maximum atomic E-state index is 11.0. The van der Waals surface area contributed by atoms with Gasteiger partial charge < -0.3 is 10.2 Å². The molecule has 1 amide bonds. The molecule has 0 radical (unpaired) electrons. The van der Waals surface area contributed by atoms with Gasteiger partial charge in [-0.25, -0.2) is 0 Å². The molecule has 0 spiro atoms. The lowest BCUT2D eigenvalue weighted by Gasteiger charge is -2.31. The molecule has 2 aliphatic rings. The Morgan fingerprint density at radius 1 is 1.47 bits per heavy atom. The minimum atomic E-state index is 0.105. The van der Waals surface area contributed by atoms with Crippen molar-refractivity contribution in [1.82, 2.24) is 10.2 Å². The summed E-state index contributed by atoms with van der Waals surface area (Å²) >= 11 is 3.70. The van der Waals surface area contributed by atoms with Gasteiger partial charge in [-0.15, -0.1) is 0 Å². The van der Waals surface area contributed by atoms with Crippen molar-refractivity contribution < 1.29 is 4.79 Å². The Bertz CT molecular complexity index is 277. The highest BCUT2D eigenvalue weighted by atomic mass is 79.9. The van der Waals surface area contributed by atoms with E-state index in [9.17, 15) is 4.79 Å². The van der Waals surface area contributed by atoms with Crippen LogP contribution in [0.1, 0.15) is 39.0 Å². The first kappa shape index (κ1) is 13.3. The largest absolute Gasteiger partial charge is 0.352 e. The average Bonchev–Trinajstić information content (AvgIpc) is 2.89. The van der Waals surface area contributed by atoms with E-state index in [1.165, 1.54) is 32.2 Å². The van der Waals surface area contributed by atoms with Crippen molar-refractivity contribution in [3.63, 3.8) is 0 Å². The molecule has 98 valence electrons. The SMILES string of the molecule is CC(=O)NC1CCN(CC2(CBr)CCCC2)C1. The maximum Gasteiger partial charge on any atom is 0.217 e. The summed E-state index contributed by atoms with van der Waals surface area (Å²) in [5, 5.41) is 4.16. The predicted octanol–water partition coefficient (Wildman–Crippen LogP) is 2.15. The van der Waals surface area contributed by atoms with Gasteiger partial charge in [0.2, 0.25) is 5.91 Å². The molecule has 4 heteroatoms. The lowest BCUT2D eigenvalue weighted by atomic mass is 9.88. The summed E-state index contributed by atoms with van der Waals surface area (Å²) in [5.74, 6) is 0.105. The van der Waals surface area contributed by atoms with Crippen LogP contribution < -0.4 is 5.32 Å². The van der Waals surface area contributed by atoms with Gasteiger partial charge in [-0.3, -0.25) is 4.79 Å². The lowest BCUT2D eigenvalue weighted by molar-refractivity contribution is -0.119. The zero-order valence-electron chi connectivity index (χ0n) is 10.7. The fourth-order valence-corrected chi connectivity index (χ4v) is 4.05. The smallest absolute Gasteiger partial charge is 0.217 e. The molecule has 1 aliphatic heterocycles. The van der Waals surface area contributed by atoms with E-state index in [-0.39, 0.29) is 5.91 Å². The molecule has 1 unspecified atom stereocenters. The fraction of sp³-hybridized carbons (Fsp3) is 0.923. The monoisotopic (exact) mass is 302 g/mol. The second kappa shape index (κ2) is 5.70. The van der Waals surface area contributed by atoms with E-state index < -0.39 is 0 Å². The Kier molecular flexibility index (Phi) is 4.47. The normalized spacial score (nSPS) is 28.5. The Labute approximate surface area is 112 Å². The van der Waals surface area contributed by atoms with Crippen LogP contribution >= 0.6 is 15.9 Å². The van der Waals surface area contributed by atoms with Crippen LogP contribution in [0.2, 0.25) is 0 Å². The fourth-order valence-electron chi connectivity index (χ4n) is 3.31. The number of hydrogen-bond donors (Lipinski definition) is 1. The molecule has 2 rings (SSSR count). The summed E-state index contributed by atoms with van der Waals surface area (Å²) in [6.45, 7) is 4.99. The van der Waals surface area contributed by atoms with Gasteiger partial charge in [0.1, 0.15) is 0 Å². The van der Waals surface area contributed by atoms with Crippen LogP contribution in [-0.2, 0) is 4.79 Å². The molecule has 1 heterocycles. The van der Waals surface area contributed by atoms with Crippen molar-refractivity contribution in [2.24, 2.45) is 5.41 Å². The van der Waals surface area contributed by atoms with Crippen molar-refractivity contribution in [3.05, 3.63) is 0 Å². The second-order valence-electron chi connectivity index (χ2n) is 5.76. The van der Waals surface area contributed by atoms with E-state index in [2.05, 4.69) is 26.1 Å². The molecule has 3 nitrogen and oxygen atoms in total. The molecule has 17 heavy (non-hydrogen) atoms. The predicted molar refractivity (Wildman–Crippen MR) is 73.4 cm³/mol. The van der Waals surface area contributed by atoms with Crippen LogP contribution in [0.5, 0.6) is 0 Å². The number of carbonyl (C=O) groups is 1. The third-order valence-electron chi connectivity index (χ3n) is 4.19. The Morgan fingerprint density at radius 2 is 2.18 bits per heavy atom. The van der Waals surface area contributed by atoms with Gasteiger partial charge in [0.25, 0.3) is 0 Å². The summed E-state index contributed by atoms with van der Waals surface area (Å²) < 4.78 is 0. The van der Waals surface area contributed by atoms with Gasteiger partial charge in [-0.1, -0.05) is 28.8 Å². The van der Waals surface area contributed by atoms with Crippen molar-refractivity contribution >= 4 is 21.8 Å². The van der Waals surface area contributed by atoms with Crippen LogP contribution in [0, 0.1) is 5.41 Å². The molecule has 0 aromatic carbocycles. The van der Waals surface area contributed by atoms with E-state index in [1.54, 1.807) is 6.92 Å². The minimum Gasteiger partial charge on any atom is -0.352 e. The first-order valence-electron chi connectivity index (χ1n) is 6.69. The summed E-state index contributed by atoms with van der Waals surface area (Å²) in [4.78, 5) is 13.6. The average molecular weight is 303 g/mol. The molecular formula is C13H23BrN2O. The third kappa shape index (κ3) is 3.44. The molecule has 2 fully saturated rings. The van der Waals surface area contributed by atoms with Crippen LogP contribution in [0.4, 0.5) is 0 Å². The molecule has 0 aromatic rings. The van der Waals surface area contributed by atoms with Crippen molar-refractivity contribution in [2.75, 3.05) is 25.0 Å². The van der Waals surface area contributed by atoms with E-state index in [0.717, 1.165) is 24.8 Å². The molecule has 1 aliphatic carbocycles. The van der Waals surface area contributed by atoms with Gasteiger partial charge in [0.05, 0.1) is 0 Å². The Morgan fingerprint density at radius 3 is 2.76 bits per heavy atom. The molecule has 0 aromatic heterocycles. The first-order valence-corrected chi connectivity index (χ1v) is 7.81. The molecule has 1 atom stereocenters. The number of likely N-dealkylation sites (tertiary alicyclic amines) is 1. The van der Waals surface area contributed by atoms with Crippen molar-refractivity contribution in [3.8, 4) is 0 Å². The molecule has 1 saturated heterocycles. The number of halogens is 1. The number of nitrogens with one attached hydrogen (secondary N) is 1. The summed E-state index contributed by atoms with van der Waals surface area (Å²) in [5.41, 5.74) is 0.505. The van der Waals surface area contributed by atoms with Crippen molar-refractivity contribution in [2.45, 2.75) is 45.1 Å². The van der Waals surface area contributed by atoms with E-state index in [4.69, 9.17) is 0 Å². The highest BCUT2D eigenvalue weighted by Gasteiger charge is 2.36. The summed E-state index contributed by atoms with van der Waals surface area (Å²) in [6.07, 6.45) is 6.60. The Balaban J connectivity index is 1.82. The van der Waals surface area contributed by atoms with E-state index >= 15 is 0 Å². The number of hydrogen-bond acceptors (Lipinski definition) is 2. The highest BCUT2D eigenvalue weighted by Crippen LogP contribution is 2.40. The minimum absolute atomic E-state index is 0.105. The summed E-state index contributed by atoms with van der Waals surface area (Å²) in [7, 11) is 0. The van der Waals surface area contributed by atoms with Crippen LogP contribution in [0.3, 0.4) is 0 Å². The van der Waals surface area contributed by atoms with E-state index in [1.807, 2.05) is 0 Å². The van der Waals surface area contributed by atoms with Gasteiger partial charge >= 0.3 is 0 Å². The molecule has 0 bridgehead atoms. The Hall–Kier alpha value is -0.0900. The lowest BCUT2D eigenvalue weighted by Crippen LogP contribution is -2.39. The highest BCUT2D eigenvalue weighted by molar-refractivity contribution is 9.09. The quantitative estimate of drug-likeness (QED) is 0.807. The van der Waals surface area contributed by atoms with Gasteiger partial charge in [0, 0.05) is 37.9 Å². The second-order valence-corrected chi connectivity index (χ2v) is 6.32. The van der Waals surface area contributed by atoms with Gasteiger partial charge in [0.15, 0.2) is 0 Å². The van der Waals surface area contributed by atoms with Crippen LogP contribution in [0.25, 0.3) is 0 Å². The topological polar surface area (TPSA) is 32.3 Å². The molecule has 1 N–H and O–H groups in total. The van der Waals surface area contributed by atoms with Crippen LogP contribution in [0.15, 0.2) is 0 Å². The standard InChI is InChI=1S/C13H23BrN2O/c1-11(17)15-12-4-7-16(8-12)10-13(9-14)5-2-3-6-13/h12H,2-10H2,1H3,(H,15,17). The third-order valence-corrected chi connectivity index (χ3v) is 5.38. The van der Waals surface area contributed by atoms with E-state index in [0.29, 0.717) is 11.5 Å². The van der Waals surface area contributed by atoms with Gasteiger partial charge in [-0.05, 0) is 24.7 Å². The molecular weight excluding hydrogens is 280 g/mol. The molecule has 1 saturated carbocycles. The number of rotatable bonds is 4. The summed E-state index contributed by atoms with van der Waals surface area (Å²) in [6, 6.07) is 0.376. The number of alkyl halides is 1. The first-order chi connectivity index (χ1) is 8.13. The number of carbonyl (C=O) groups excluding carboxylic acids is 1. The zero-order chi connectivity index (χ0) is 12.3. The zero-order valence-corrected chi connectivity index (χ0v) is 12.3. The van der Waals surface area contributed by atoms with Gasteiger partial charge in [-0.2, -0.15) is 0 Å². The van der Waals surface area contributed by atoms with Crippen molar-refractivity contribution in [1.29, 1.82) is 0 Å². The number of amides is 1. The maximum absolute atomic E-state index is 11.0.